The SMILES string of the molecule is COc1cccc(C2CC(N=C(N)Nc3ccc(C)c(C)c3)C2)c1. The Labute approximate surface area is 143 Å². The minimum atomic E-state index is 0.292. The van der Waals surface area contributed by atoms with Gasteiger partial charge in [0.15, 0.2) is 5.96 Å². The number of guanidine groups is 1. The number of benzene rings is 2. The lowest BCUT2D eigenvalue weighted by Crippen LogP contribution is -2.31. The molecule has 1 aliphatic carbocycles. The van der Waals surface area contributed by atoms with Crippen molar-refractivity contribution in [1.82, 2.24) is 0 Å². The van der Waals surface area contributed by atoms with Crippen LogP contribution in [0, 0.1) is 13.8 Å². The highest BCUT2D eigenvalue weighted by molar-refractivity contribution is 5.92. The molecule has 1 saturated carbocycles. The minimum Gasteiger partial charge on any atom is -0.497 e. The number of rotatable bonds is 4. The van der Waals surface area contributed by atoms with E-state index < -0.39 is 0 Å². The molecule has 0 spiro atoms. The lowest BCUT2D eigenvalue weighted by Gasteiger charge is -2.33. The molecule has 0 heterocycles. The predicted octanol–water partition coefficient (Wildman–Crippen LogP) is 3.98. The van der Waals surface area contributed by atoms with E-state index in [9.17, 15) is 0 Å². The van der Waals surface area contributed by atoms with Gasteiger partial charge in [-0.2, -0.15) is 0 Å². The standard InChI is InChI=1S/C20H25N3O/c1-13-7-8-17(9-14(13)2)22-20(21)23-18-10-16(11-18)15-5-4-6-19(12-15)24-3/h4-9,12,16,18H,10-11H2,1-3H3,(H3,21,22,23). The van der Waals surface area contributed by atoms with E-state index >= 15 is 0 Å². The maximum absolute atomic E-state index is 6.05. The first-order valence-corrected chi connectivity index (χ1v) is 8.36. The Bertz CT molecular complexity index is 748. The second kappa shape index (κ2) is 6.95. The van der Waals surface area contributed by atoms with Crippen LogP contribution in [0.15, 0.2) is 47.5 Å². The summed E-state index contributed by atoms with van der Waals surface area (Å²) >= 11 is 0. The summed E-state index contributed by atoms with van der Waals surface area (Å²) in [6.45, 7) is 4.20. The maximum atomic E-state index is 6.05. The van der Waals surface area contributed by atoms with Gasteiger partial charge in [-0.15, -0.1) is 0 Å². The predicted molar refractivity (Wildman–Crippen MR) is 99.9 cm³/mol. The Morgan fingerprint density at radius 3 is 2.62 bits per heavy atom. The molecule has 0 aromatic heterocycles. The molecule has 0 bridgehead atoms. The number of aliphatic imine (C=N–C) groups is 1. The van der Waals surface area contributed by atoms with Crippen LogP contribution in [0.4, 0.5) is 5.69 Å². The fraction of sp³-hybridized carbons (Fsp3) is 0.350. The third kappa shape index (κ3) is 3.70. The van der Waals surface area contributed by atoms with E-state index in [2.05, 4.69) is 48.4 Å². The Balaban J connectivity index is 1.57. The van der Waals surface area contributed by atoms with Crippen LogP contribution in [0.5, 0.6) is 5.75 Å². The number of methoxy groups -OCH3 is 1. The third-order valence-electron chi connectivity index (χ3n) is 4.78. The summed E-state index contributed by atoms with van der Waals surface area (Å²) in [5, 5.41) is 3.19. The zero-order valence-corrected chi connectivity index (χ0v) is 14.5. The molecule has 0 amide bonds. The van der Waals surface area contributed by atoms with Crippen molar-refractivity contribution in [1.29, 1.82) is 0 Å². The van der Waals surface area contributed by atoms with Crippen molar-refractivity contribution in [3.63, 3.8) is 0 Å². The molecular formula is C20H25N3O. The average molecular weight is 323 g/mol. The van der Waals surface area contributed by atoms with Crippen molar-refractivity contribution in [3.8, 4) is 5.75 Å². The molecule has 4 nitrogen and oxygen atoms in total. The largest absolute Gasteiger partial charge is 0.497 e. The molecule has 0 atom stereocenters. The molecule has 0 saturated heterocycles. The molecular weight excluding hydrogens is 298 g/mol. The average Bonchev–Trinajstić information content (AvgIpc) is 2.54. The number of nitrogens with one attached hydrogen (secondary N) is 1. The number of nitrogens with zero attached hydrogens (tertiary/aromatic N) is 1. The molecule has 0 aliphatic heterocycles. The maximum Gasteiger partial charge on any atom is 0.193 e. The van der Waals surface area contributed by atoms with Gasteiger partial charge in [-0.25, -0.2) is 4.99 Å². The van der Waals surface area contributed by atoms with Crippen molar-refractivity contribution in [2.75, 3.05) is 12.4 Å². The third-order valence-corrected chi connectivity index (χ3v) is 4.78. The molecule has 3 N–H and O–H groups in total. The monoisotopic (exact) mass is 323 g/mol. The van der Waals surface area contributed by atoms with E-state index in [1.165, 1.54) is 16.7 Å². The quantitative estimate of drug-likeness (QED) is 0.661. The smallest absolute Gasteiger partial charge is 0.193 e. The van der Waals surface area contributed by atoms with Crippen molar-refractivity contribution in [3.05, 3.63) is 59.2 Å². The van der Waals surface area contributed by atoms with E-state index in [0.717, 1.165) is 24.3 Å². The Morgan fingerprint density at radius 2 is 1.92 bits per heavy atom. The second-order valence-electron chi connectivity index (χ2n) is 6.54. The molecule has 126 valence electrons. The zero-order chi connectivity index (χ0) is 17.1. The lowest BCUT2D eigenvalue weighted by molar-refractivity contribution is 0.351. The van der Waals surface area contributed by atoms with Gasteiger partial charge >= 0.3 is 0 Å². The summed E-state index contributed by atoms with van der Waals surface area (Å²) in [5.74, 6) is 1.95. The summed E-state index contributed by atoms with van der Waals surface area (Å²) in [6.07, 6.45) is 2.06. The van der Waals surface area contributed by atoms with Crippen LogP contribution in [0.2, 0.25) is 0 Å². The van der Waals surface area contributed by atoms with Gasteiger partial charge in [0, 0.05) is 5.69 Å². The van der Waals surface area contributed by atoms with Gasteiger partial charge in [0.1, 0.15) is 5.75 Å². The van der Waals surface area contributed by atoms with Gasteiger partial charge in [0.05, 0.1) is 13.2 Å². The first-order valence-electron chi connectivity index (χ1n) is 8.36. The Morgan fingerprint density at radius 1 is 1.12 bits per heavy atom. The fourth-order valence-electron chi connectivity index (χ4n) is 3.06. The molecule has 2 aromatic rings. The molecule has 24 heavy (non-hydrogen) atoms. The summed E-state index contributed by atoms with van der Waals surface area (Å²) in [6, 6.07) is 14.8. The van der Waals surface area contributed by atoms with Crippen LogP contribution < -0.4 is 15.8 Å². The van der Waals surface area contributed by atoms with E-state index in [1.807, 2.05) is 18.2 Å². The van der Waals surface area contributed by atoms with Crippen molar-refractivity contribution >= 4 is 11.6 Å². The summed E-state index contributed by atoms with van der Waals surface area (Å²) in [5.41, 5.74) is 10.9. The summed E-state index contributed by atoms with van der Waals surface area (Å²) in [7, 11) is 1.70. The fourth-order valence-corrected chi connectivity index (χ4v) is 3.06. The van der Waals surface area contributed by atoms with Crippen molar-refractivity contribution in [2.24, 2.45) is 10.7 Å². The first kappa shape index (κ1) is 16.4. The number of hydrogen-bond donors (Lipinski definition) is 2. The van der Waals surface area contributed by atoms with Crippen LogP contribution >= 0.6 is 0 Å². The van der Waals surface area contributed by atoms with Crippen LogP contribution in [0.1, 0.15) is 35.4 Å². The lowest BCUT2D eigenvalue weighted by atomic mass is 9.76. The van der Waals surface area contributed by atoms with E-state index in [-0.39, 0.29) is 0 Å². The van der Waals surface area contributed by atoms with E-state index in [4.69, 9.17) is 10.5 Å². The normalized spacial score (nSPS) is 20.4. The van der Waals surface area contributed by atoms with Gasteiger partial charge in [-0.05, 0) is 73.6 Å². The summed E-state index contributed by atoms with van der Waals surface area (Å²) in [4.78, 5) is 4.60. The van der Waals surface area contributed by atoms with Crippen LogP contribution in [-0.2, 0) is 0 Å². The Hall–Kier alpha value is -2.49. The van der Waals surface area contributed by atoms with Gasteiger partial charge in [-0.1, -0.05) is 18.2 Å². The van der Waals surface area contributed by atoms with Crippen LogP contribution in [0.3, 0.4) is 0 Å². The molecule has 2 aromatic carbocycles. The Kier molecular flexibility index (Phi) is 4.74. The first-order chi connectivity index (χ1) is 11.5. The van der Waals surface area contributed by atoms with Gasteiger partial charge < -0.3 is 15.8 Å². The van der Waals surface area contributed by atoms with Crippen molar-refractivity contribution in [2.45, 2.75) is 38.6 Å². The van der Waals surface area contributed by atoms with Crippen molar-refractivity contribution < 1.29 is 4.74 Å². The molecule has 4 heteroatoms. The number of ether oxygens (including phenoxy) is 1. The molecule has 0 radical (unpaired) electrons. The highest BCUT2D eigenvalue weighted by atomic mass is 16.5. The number of hydrogen-bond acceptors (Lipinski definition) is 2. The minimum absolute atomic E-state index is 0.292. The topological polar surface area (TPSA) is 59.6 Å². The van der Waals surface area contributed by atoms with E-state index in [1.54, 1.807) is 7.11 Å². The number of nitrogens with two attached hydrogens (primary N) is 1. The van der Waals surface area contributed by atoms with Gasteiger partial charge in [0.25, 0.3) is 0 Å². The second-order valence-corrected chi connectivity index (χ2v) is 6.54. The van der Waals surface area contributed by atoms with Gasteiger partial charge in [0.2, 0.25) is 0 Å². The number of aryl methyl sites for hydroxylation is 2. The molecule has 1 aliphatic rings. The molecule has 0 unspecified atom stereocenters. The van der Waals surface area contributed by atoms with E-state index in [0.29, 0.717) is 17.9 Å². The summed E-state index contributed by atoms with van der Waals surface area (Å²) < 4.78 is 5.29. The molecule has 3 rings (SSSR count). The number of anilines is 1. The zero-order valence-electron chi connectivity index (χ0n) is 14.5. The highest BCUT2D eigenvalue weighted by Crippen LogP contribution is 2.39. The molecule has 1 fully saturated rings. The van der Waals surface area contributed by atoms with Crippen LogP contribution in [0.25, 0.3) is 0 Å². The van der Waals surface area contributed by atoms with Crippen LogP contribution in [-0.4, -0.2) is 19.1 Å². The highest BCUT2D eigenvalue weighted by Gasteiger charge is 2.30. The van der Waals surface area contributed by atoms with Gasteiger partial charge in [-0.3, -0.25) is 0 Å².